The third kappa shape index (κ3) is 3.11. The van der Waals surface area contributed by atoms with E-state index in [0.29, 0.717) is 5.56 Å². The van der Waals surface area contributed by atoms with E-state index in [2.05, 4.69) is 15.5 Å². The highest BCUT2D eigenvalue weighted by Gasteiger charge is 2.20. The van der Waals surface area contributed by atoms with Crippen LogP contribution in [0.1, 0.15) is 28.9 Å². The minimum atomic E-state index is -1.17. The highest BCUT2D eigenvalue weighted by Crippen LogP contribution is 2.20. The molecule has 7 heteroatoms. The van der Waals surface area contributed by atoms with E-state index in [1.54, 1.807) is 31.3 Å². The summed E-state index contributed by atoms with van der Waals surface area (Å²) in [7, 11) is 0. The first-order valence-corrected chi connectivity index (χ1v) is 7.32. The number of carbonyl (C=O) groups excluding carboxylic acids is 1. The first kappa shape index (κ1) is 16.1. The maximum absolute atomic E-state index is 13.3. The van der Waals surface area contributed by atoms with Crippen LogP contribution in [0.15, 0.2) is 42.6 Å². The Morgan fingerprint density at radius 1 is 1.21 bits per heavy atom. The molecule has 2 aromatic carbocycles. The number of aliphatic hydroxyl groups excluding tert-OH is 1. The number of rotatable bonds is 4. The van der Waals surface area contributed by atoms with Gasteiger partial charge in [0.25, 0.3) is 5.91 Å². The molecule has 0 aliphatic carbocycles. The van der Waals surface area contributed by atoms with Crippen molar-refractivity contribution >= 4 is 16.8 Å². The molecular weight excluding hydrogens is 316 g/mol. The molecule has 2 unspecified atom stereocenters. The molecule has 0 saturated carbocycles. The molecule has 0 aliphatic heterocycles. The summed E-state index contributed by atoms with van der Waals surface area (Å²) >= 11 is 0. The van der Waals surface area contributed by atoms with E-state index in [9.17, 15) is 18.7 Å². The van der Waals surface area contributed by atoms with Crippen molar-refractivity contribution in [1.82, 2.24) is 15.5 Å². The Balaban J connectivity index is 1.73. The van der Waals surface area contributed by atoms with Crippen LogP contribution in [0.25, 0.3) is 10.9 Å². The number of benzene rings is 2. The zero-order chi connectivity index (χ0) is 17.3. The number of hydrogen-bond acceptors (Lipinski definition) is 3. The number of nitrogens with zero attached hydrogens (tertiary/aromatic N) is 1. The molecule has 24 heavy (non-hydrogen) atoms. The summed E-state index contributed by atoms with van der Waals surface area (Å²) in [5.41, 5.74) is 1.40. The lowest BCUT2D eigenvalue weighted by atomic mass is 10.0. The van der Waals surface area contributed by atoms with E-state index < -0.39 is 23.8 Å². The number of hydrogen-bond donors (Lipinski definition) is 3. The van der Waals surface area contributed by atoms with Crippen LogP contribution in [0.5, 0.6) is 0 Å². The summed E-state index contributed by atoms with van der Waals surface area (Å²) in [5, 5.41) is 20.3. The van der Waals surface area contributed by atoms with E-state index >= 15 is 0 Å². The first-order valence-electron chi connectivity index (χ1n) is 7.32. The molecule has 3 aromatic rings. The summed E-state index contributed by atoms with van der Waals surface area (Å²) in [4.78, 5) is 12.3. The number of fused-ring (bicyclic) bond motifs is 1. The quantitative estimate of drug-likeness (QED) is 0.688. The normalized spacial score (nSPS) is 13.7. The number of nitrogens with one attached hydrogen (secondary N) is 2. The van der Waals surface area contributed by atoms with Gasteiger partial charge in [0.05, 0.1) is 23.9 Å². The number of aromatic amines is 1. The molecule has 124 valence electrons. The predicted octanol–water partition coefficient (Wildman–Crippen LogP) is 2.69. The van der Waals surface area contributed by atoms with E-state index in [-0.39, 0.29) is 11.5 Å². The Hall–Kier alpha value is -2.80. The van der Waals surface area contributed by atoms with Crippen molar-refractivity contribution in [2.75, 3.05) is 0 Å². The lowest BCUT2D eigenvalue weighted by Crippen LogP contribution is -2.37. The monoisotopic (exact) mass is 331 g/mol. The van der Waals surface area contributed by atoms with Gasteiger partial charge >= 0.3 is 0 Å². The molecule has 2 atom stereocenters. The van der Waals surface area contributed by atoms with Gasteiger partial charge in [0.15, 0.2) is 11.6 Å². The third-order valence-electron chi connectivity index (χ3n) is 3.82. The fourth-order valence-corrected chi connectivity index (χ4v) is 2.44. The average molecular weight is 331 g/mol. The van der Waals surface area contributed by atoms with Gasteiger partial charge in [-0.25, -0.2) is 8.78 Å². The standard InChI is InChI=1S/C17H15F2N3O2/c1-9(16(23)10-2-4-13(18)14(19)7-10)21-17(24)11-3-5-15-12(6-11)8-20-22-15/h2-9,16,23H,1H3,(H,20,22)(H,21,24). The maximum atomic E-state index is 13.3. The fraction of sp³-hybridized carbons (Fsp3) is 0.176. The van der Waals surface area contributed by atoms with E-state index in [1.165, 1.54) is 6.07 Å². The largest absolute Gasteiger partial charge is 0.386 e. The van der Waals surface area contributed by atoms with Gasteiger partial charge in [0, 0.05) is 10.9 Å². The van der Waals surface area contributed by atoms with Crippen molar-refractivity contribution in [3.05, 3.63) is 65.4 Å². The topological polar surface area (TPSA) is 78.0 Å². The minimum absolute atomic E-state index is 0.187. The van der Waals surface area contributed by atoms with Gasteiger partial charge in [0.2, 0.25) is 0 Å². The Labute approximate surface area is 136 Å². The van der Waals surface area contributed by atoms with Gasteiger partial charge in [-0.15, -0.1) is 0 Å². The van der Waals surface area contributed by atoms with Gasteiger partial charge in [0.1, 0.15) is 0 Å². The first-order chi connectivity index (χ1) is 11.5. The Morgan fingerprint density at radius 2 is 2.00 bits per heavy atom. The number of H-pyrrole nitrogens is 1. The smallest absolute Gasteiger partial charge is 0.251 e. The van der Waals surface area contributed by atoms with Gasteiger partial charge in [-0.05, 0) is 42.8 Å². The summed E-state index contributed by atoms with van der Waals surface area (Å²) < 4.78 is 26.2. The van der Waals surface area contributed by atoms with Crippen molar-refractivity contribution in [2.45, 2.75) is 19.1 Å². The predicted molar refractivity (Wildman–Crippen MR) is 84.3 cm³/mol. The lowest BCUT2D eigenvalue weighted by Gasteiger charge is -2.21. The van der Waals surface area contributed by atoms with Crippen LogP contribution in [0.2, 0.25) is 0 Å². The van der Waals surface area contributed by atoms with Crippen molar-refractivity contribution in [3.8, 4) is 0 Å². The molecule has 0 spiro atoms. The van der Waals surface area contributed by atoms with E-state index in [1.807, 2.05) is 0 Å². The summed E-state index contributed by atoms with van der Waals surface area (Å²) in [6.45, 7) is 1.58. The van der Waals surface area contributed by atoms with Gasteiger partial charge in [-0.1, -0.05) is 6.07 Å². The highest BCUT2D eigenvalue weighted by molar-refractivity contribution is 5.98. The van der Waals surface area contributed by atoms with Crippen LogP contribution in [0.4, 0.5) is 8.78 Å². The van der Waals surface area contributed by atoms with Crippen molar-refractivity contribution in [2.24, 2.45) is 0 Å². The molecule has 3 rings (SSSR count). The van der Waals surface area contributed by atoms with E-state index in [0.717, 1.165) is 23.0 Å². The molecule has 0 radical (unpaired) electrons. The van der Waals surface area contributed by atoms with Crippen LogP contribution in [0.3, 0.4) is 0 Å². The Morgan fingerprint density at radius 3 is 2.75 bits per heavy atom. The number of halogens is 2. The second kappa shape index (κ2) is 6.37. The van der Waals surface area contributed by atoms with Crippen molar-refractivity contribution < 1.29 is 18.7 Å². The Kier molecular flexibility index (Phi) is 4.26. The molecule has 0 aliphatic rings. The SMILES string of the molecule is CC(NC(=O)c1ccc2[nH]ncc2c1)C(O)c1ccc(F)c(F)c1. The summed E-state index contributed by atoms with van der Waals surface area (Å²) in [6.07, 6.45) is 0.438. The van der Waals surface area contributed by atoms with Crippen LogP contribution >= 0.6 is 0 Å². The molecule has 0 bridgehead atoms. The number of amides is 1. The van der Waals surface area contributed by atoms with Crippen LogP contribution in [0, 0.1) is 11.6 Å². The molecule has 1 heterocycles. The molecule has 5 nitrogen and oxygen atoms in total. The maximum Gasteiger partial charge on any atom is 0.251 e. The molecule has 3 N–H and O–H groups in total. The highest BCUT2D eigenvalue weighted by atomic mass is 19.2. The second-order valence-corrected chi connectivity index (χ2v) is 5.55. The molecular formula is C17H15F2N3O2. The van der Waals surface area contributed by atoms with Crippen LogP contribution < -0.4 is 5.32 Å². The second-order valence-electron chi connectivity index (χ2n) is 5.55. The number of aliphatic hydroxyl groups is 1. The van der Waals surface area contributed by atoms with Gasteiger partial charge < -0.3 is 10.4 Å². The van der Waals surface area contributed by atoms with Crippen molar-refractivity contribution in [1.29, 1.82) is 0 Å². The average Bonchev–Trinajstić information content (AvgIpc) is 3.04. The zero-order valence-corrected chi connectivity index (χ0v) is 12.8. The third-order valence-corrected chi connectivity index (χ3v) is 3.82. The number of carbonyl (C=O) groups is 1. The van der Waals surface area contributed by atoms with Crippen molar-refractivity contribution in [3.63, 3.8) is 0 Å². The summed E-state index contributed by atoms with van der Waals surface area (Å²) in [6, 6.07) is 7.48. The van der Waals surface area contributed by atoms with Crippen LogP contribution in [-0.2, 0) is 0 Å². The lowest BCUT2D eigenvalue weighted by molar-refractivity contribution is 0.0851. The van der Waals surface area contributed by atoms with Gasteiger partial charge in [-0.3, -0.25) is 9.89 Å². The molecule has 0 saturated heterocycles. The van der Waals surface area contributed by atoms with Crippen LogP contribution in [-0.4, -0.2) is 27.3 Å². The molecule has 1 aromatic heterocycles. The van der Waals surface area contributed by atoms with E-state index in [4.69, 9.17) is 0 Å². The summed E-state index contributed by atoms with van der Waals surface area (Å²) in [5.74, 6) is -2.42. The molecule has 0 fully saturated rings. The zero-order valence-electron chi connectivity index (χ0n) is 12.8. The molecule has 1 amide bonds. The Bertz CT molecular complexity index is 894. The van der Waals surface area contributed by atoms with Gasteiger partial charge in [-0.2, -0.15) is 5.10 Å². The fourth-order valence-electron chi connectivity index (χ4n) is 2.44. The number of aromatic nitrogens is 2. The minimum Gasteiger partial charge on any atom is -0.386 e.